The molecule has 5 nitrogen and oxygen atoms in total. The van der Waals surface area contributed by atoms with Crippen molar-refractivity contribution in [3.8, 4) is 11.5 Å². The van der Waals surface area contributed by atoms with Crippen molar-refractivity contribution in [1.82, 2.24) is 0 Å². The van der Waals surface area contributed by atoms with E-state index in [1.54, 1.807) is 0 Å². The van der Waals surface area contributed by atoms with Gasteiger partial charge in [0.2, 0.25) is 0 Å². The summed E-state index contributed by atoms with van der Waals surface area (Å²) in [6.45, 7) is 20.0. The van der Waals surface area contributed by atoms with Crippen molar-refractivity contribution in [2.45, 2.75) is 86.4 Å². The molecule has 0 aliphatic rings. The molecule has 0 saturated carbocycles. The van der Waals surface area contributed by atoms with Crippen molar-refractivity contribution in [2.75, 3.05) is 19.8 Å². The summed E-state index contributed by atoms with van der Waals surface area (Å²) in [5.41, 5.74) is -0.607. The molecule has 0 unspecified atom stereocenters. The minimum Gasteiger partial charge on any atom is -0.484 e. The van der Waals surface area contributed by atoms with Gasteiger partial charge in [-0.3, -0.25) is 0 Å². The number of hydrogen-bond acceptors (Lipinski definition) is 5. The van der Waals surface area contributed by atoms with E-state index in [0.717, 1.165) is 23.8 Å². The Hall–Kier alpha value is -1.08. The van der Waals surface area contributed by atoms with Crippen molar-refractivity contribution < 1.29 is 22.8 Å². The zero-order valence-electron chi connectivity index (χ0n) is 19.3. The minimum absolute atomic E-state index is 0.287. The predicted molar refractivity (Wildman–Crippen MR) is 117 cm³/mol. The summed E-state index contributed by atoms with van der Waals surface area (Å²) < 4.78 is 30.9. The van der Waals surface area contributed by atoms with Crippen LogP contribution in [0.3, 0.4) is 0 Å². The fourth-order valence-electron chi connectivity index (χ4n) is 2.55. The fourth-order valence-corrected chi connectivity index (χ4v) is 5.03. The van der Waals surface area contributed by atoms with Crippen molar-refractivity contribution in [3.63, 3.8) is 0 Å². The van der Waals surface area contributed by atoms with Gasteiger partial charge in [-0.2, -0.15) is 0 Å². The first kappa shape index (κ1) is 25.0. The van der Waals surface area contributed by atoms with Gasteiger partial charge in [0, 0.05) is 25.0 Å². The Kier molecular flexibility index (Phi) is 9.47. The lowest BCUT2D eigenvalue weighted by Crippen LogP contribution is -2.57. The molecule has 0 fully saturated rings. The SMILES string of the molecule is CCO[Si](OCC)(OCC)c1ccc(OC(C)(C)CC)c(OC(C)(C)CC)c1. The van der Waals surface area contributed by atoms with Crippen LogP contribution in [0.5, 0.6) is 11.5 Å². The van der Waals surface area contributed by atoms with Crippen LogP contribution in [0, 0.1) is 0 Å². The normalized spacial score (nSPS) is 12.9. The van der Waals surface area contributed by atoms with Crippen LogP contribution < -0.4 is 14.7 Å². The summed E-state index contributed by atoms with van der Waals surface area (Å²) in [5, 5.41) is 0.890. The third-order valence-electron chi connectivity index (χ3n) is 4.78. The van der Waals surface area contributed by atoms with Gasteiger partial charge in [-0.05, 0) is 73.4 Å². The van der Waals surface area contributed by atoms with Gasteiger partial charge in [-0.15, -0.1) is 0 Å². The second kappa shape index (κ2) is 10.6. The first-order valence-corrected chi connectivity index (χ1v) is 12.3. The largest absolute Gasteiger partial charge is 0.537 e. The lowest BCUT2D eigenvalue weighted by Gasteiger charge is -2.32. The Morgan fingerprint density at radius 2 is 1.11 bits per heavy atom. The van der Waals surface area contributed by atoms with Gasteiger partial charge in [0.25, 0.3) is 0 Å². The van der Waals surface area contributed by atoms with Crippen molar-refractivity contribution >= 4 is 14.0 Å². The molecule has 0 bridgehead atoms. The van der Waals surface area contributed by atoms with E-state index in [1.807, 2.05) is 39.0 Å². The molecule has 0 N–H and O–H groups in total. The molecule has 1 rings (SSSR count). The Bertz CT molecular complexity index is 584. The molecular formula is C22H40O5Si. The molecule has 0 heterocycles. The zero-order valence-corrected chi connectivity index (χ0v) is 20.3. The van der Waals surface area contributed by atoms with Crippen LogP contribution in [0.25, 0.3) is 0 Å². The van der Waals surface area contributed by atoms with Gasteiger partial charge < -0.3 is 22.8 Å². The van der Waals surface area contributed by atoms with E-state index in [1.165, 1.54) is 0 Å². The maximum Gasteiger partial charge on any atom is 0.537 e. The van der Waals surface area contributed by atoms with Crippen LogP contribution in [-0.4, -0.2) is 39.8 Å². The van der Waals surface area contributed by atoms with Crippen LogP contribution in [0.1, 0.15) is 75.2 Å². The third-order valence-corrected chi connectivity index (χ3v) is 7.80. The molecule has 0 aromatic heterocycles. The Balaban J connectivity index is 3.48. The monoisotopic (exact) mass is 412 g/mol. The average molecular weight is 413 g/mol. The second-order valence-electron chi connectivity index (χ2n) is 7.95. The molecule has 162 valence electrons. The van der Waals surface area contributed by atoms with Crippen molar-refractivity contribution in [3.05, 3.63) is 18.2 Å². The number of rotatable bonds is 13. The van der Waals surface area contributed by atoms with E-state index in [-0.39, 0.29) is 11.2 Å². The van der Waals surface area contributed by atoms with Crippen LogP contribution in [-0.2, 0) is 13.3 Å². The van der Waals surface area contributed by atoms with E-state index < -0.39 is 8.80 Å². The molecule has 0 spiro atoms. The van der Waals surface area contributed by atoms with Crippen LogP contribution in [0.2, 0.25) is 0 Å². The van der Waals surface area contributed by atoms with E-state index in [2.05, 4.69) is 41.5 Å². The van der Waals surface area contributed by atoms with Gasteiger partial charge >= 0.3 is 8.80 Å². The van der Waals surface area contributed by atoms with E-state index in [0.29, 0.717) is 25.6 Å². The molecule has 0 amide bonds. The highest BCUT2D eigenvalue weighted by molar-refractivity contribution is 6.75. The predicted octanol–water partition coefficient (Wildman–Crippen LogP) is 5.08. The second-order valence-corrected chi connectivity index (χ2v) is 10.5. The highest BCUT2D eigenvalue weighted by Crippen LogP contribution is 2.34. The fraction of sp³-hybridized carbons (Fsp3) is 0.727. The molecule has 0 atom stereocenters. The maximum atomic E-state index is 6.37. The first-order chi connectivity index (χ1) is 13.1. The minimum atomic E-state index is -3.01. The molecular weight excluding hydrogens is 372 g/mol. The van der Waals surface area contributed by atoms with Crippen LogP contribution in [0.15, 0.2) is 18.2 Å². The summed E-state index contributed by atoms with van der Waals surface area (Å²) in [6.07, 6.45) is 1.76. The van der Waals surface area contributed by atoms with Gasteiger partial charge in [0.1, 0.15) is 11.2 Å². The number of hydrogen-bond donors (Lipinski definition) is 0. The highest BCUT2D eigenvalue weighted by Gasteiger charge is 2.44. The first-order valence-electron chi connectivity index (χ1n) is 10.5. The highest BCUT2D eigenvalue weighted by atomic mass is 28.4. The van der Waals surface area contributed by atoms with Gasteiger partial charge in [-0.1, -0.05) is 19.9 Å². The quantitative estimate of drug-likeness (QED) is 0.423. The summed E-state index contributed by atoms with van der Waals surface area (Å²) in [5.74, 6) is 1.42. The Labute approximate surface area is 173 Å². The summed E-state index contributed by atoms with van der Waals surface area (Å²) in [6, 6.07) is 5.92. The molecule has 0 saturated heterocycles. The van der Waals surface area contributed by atoms with Crippen LogP contribution in [0.4, 0.5) is 0 Å². The van der Waals surface area contributed by atoms with Crippen molar-refractivity contribution in [1.29, 1.82) is 0 Å². The Morgan fingerprint density at radius 1 is 0.679 bits per heavy atom. The van der Waals surface area contributed by atoms with E-state index in [9.17, 15) is 0 Å². The third kappa shape index (κ3) is 6.76. The van der Waals surface area contributed by atoms with Crippen LogP contribution >= 0.6 is 0 Å². The summed E-state index contributed by atoms with van der Waals surface area (Å²) in [7, 11) is -3.01. The lowest BCUT2D eigenvalue weighted by molar-refractivity contribution is 0.0720. The summed E-state index contributed by atoms with van der Waals surface area (Å²) in [4.78, 5) is 0. The molecule has 6 heteroatoms. The zero-order chi connectivity index (χ0) is 21.4. The standard InChI is InChI=1S/C22H40O5Si/c1-10-21(6,7)26-19-16-15-18(17-20(19)27-22(8,9)11-2)28(23-12-3,24-13-4)25-14-5/h15-17H,10-14H2,1-9H3. The Morgan fingerprint density at radius 3 is 1.50 bits per heavy atom. The molecule has 1 aromatic carbocycles. The smallest absolute Gasteiger partial charge is 0.484 e. The molecule has 0 aliphatic carbocycles. The van der Waals surface area contributed by atoms with Gasteiger partial charge in [0.05, 0.1) is 0 Å². The topological polar surface area (TPSA) is 46.2 Å². The maximum absolute atomic E-state index is 6.37. The summed E-state index contributed by atoms with van der Waals surface area (Å²) >= 11 is 0. The van der Waals surface area contributed by atoms with E-state index >= 15 is 0 Å². The average Bonchev–Trinajstić information content (AvgIpc) is 2.63. The number of benzene rings is 1. The lowest BCUT2D eigenvalue weighted by atomic mass is 10.1. The van der Waals surface area contributed by atoms with Gasteiger partial charge in [-0.25, -0.2) is 0 Å². The number of ether oxygens (including phenoxy) is 2. The molecule has 1 aromatic rings. The molecule has 28 heavy (non-hydrogen) atoms. The van der Waals surface area contributed by atoms with E-state index in [4.69, 9.17) is 22.8 Å². The van der Waals surface area contributed by atoms with Crippen molar-refractivity contribution in [2.24, 2.45) is 0 Å². The molecule has 0 aliphatic heterocycles. The molecule has 0 radical (unpaired) electrons. The van der Waals surface area contributed by atoms with Gasteiger partial charge in [0.15, 0.2) is 11.5 Å².